The van der Waals surface area contributed by atoms with E-state index in [0.29, 0.717) is 13.0 Å². The number of piperidine rings is 1. The minimum Gasteiger partial charge on any atom is -0.499 e. The highest BCUT2D eigenvalue weighted by atomic mass is 35.5. The highest BCUT2D eigenvalue weighted by Gasteiger charge is 2.54. The lowest BCUT2D eigenvalue weighted by Crippen LogP contribution is -2.43. The summed E-state index contributed by atoms with van der Waals surface area (Å²) in [5.74, 6) is 0.779. The van der Waals surface area contributed by atoms with E-state index in [1.54, 1.807) is 7.11 Å². The van der Waals surface area contributed by atoms with Crippen molar-refractivity contribution in [3.8, 4) is 5.88 Å². The fourth-order valence-corrected chi connectivity index (χ4v) is 6.54. The number of hydrogen-bond acceptors (Lipinski definition) is 8. The maximum absolute atomic E-state index is 13.8. The Morgan fingerprint density at radius 1 is 1.30 bits per heavy atom. The van der Waals surface area contributed by atoms with E-state index in [0.717, 1.165) is 31.7 Å². The van der Waals surface area contributed by atoms with Crippen LogP contribution in [0.5, 0.6) is 5.88 Å². The van der Waals surface area contributed by atoms with Gasteiger partial charge in [-0.1, -0.05) is 11.6 Å². The molecule has 4 rings (SSSR count). The highest BCUT2D eigenvalue weighted by Crippen LogP contribution is 2.44. The van der Waals surface area contributed by atoms with Crippen LogP contribution >= 0.6 is 11.6 Å². The van der Waals surface area contributed by atoms with Gasteiger partial charge in [-0.05, 0) is 44.1 Å². The average Bonchev–Trinajstić information content (AvgIpc) is 3.14. The van der Waals surface area contributed by atoms with E-state index in [4.69, 9.17) is 25.8 Å². The van der Waals surface area contributed by atoms with Gasteiger partial charge in [0.2, 0.25) is 15.7 Å². The molecule has 164 valence electrons. The number of methoxy groups -OCH3 is 2. The molecule has 2 atom stereocenters. The predicted molar refractivity (Wildman–Crippen MR) is 112 cm³/mol. The van der Waals surface area contributed by atoms with Crippen molar-refractivity contribution in [2.24, 2.45) is 0 Å². The fraction of sp³-hybridized carbons (Fsp3) is 0.550. The van der Waals surface area contributed by atoms with Crippen LogP contribution in [0.1, 0.15) is 19.3 Å². The molecule has 1 aromatic rings. The summed E-state index contributed by atoms with van der Waals surface area (Å²) in [4.78, 5) is 5.98. The van der Waals surface area contributed by atoms with Crippen molar-refractivity contribution < 1.29 is 22.6 Å². The third-order valence-corrected chi connectivity index (χ3v) is 8.09. The molecular formula is C20H26ClN3O5S. The normalized spacial score (nSPS) is 26.0. The third-order valence-electron chi connectivity index (χ3n) is 5.95. The molecule has 0 aliphatic carbocycles. The molecule has 4 heterocycles. The number of aromatic nitrogens is 1. The Morgan fingerprint density at radius 3 is 2.77 bits per heavy atom. The van der Waals surface area contributed by atoms with Crippen LogP contribution in [0.4, 0.5) is 0 Å². The van der Waals surface area contributed by atoms with Crippen molar-refractivity contribution in [2.75, 3.05) is 33.9 Å². The van der Waals surface area contributed by atoms with Gasteiger partial charge in [-0.25, -0.2) is 13.4 Å². The van der Waals surface area contributed by atoms with Crippen molar-refractivity contribution in [3.05, 3.63) is 41.4 Å². The zero-order valence-electron chi connectivity index (χ0n) is 17.0. The standard InChI is InChI=1S/C20H26ClN3O5S/c1-27-15-4-3-9-24(13-15)16-11-20(5-7-22-8-6-20)29-19(16)30(25,26)17-10-14(21)12-23-18(17)28-2/h3-4,9-10,12,16,19,22H,5-8,11,13H2,1-2H3. The van der Waals surface area contributed by atoms with Crippen LogP contribution < -0.4 is 10.1 Å². The molecule has 0 bridgehead atoms. The zero-order chi connectivity index (χ0) is 21.4. The van der Waals surface area contributed by atoms with E-state index in [2.05, 4.69) is 10.3 Å². The molecule has 2 unspecified atom stereocenters. The monoisotopic (exact) mass is 455 g/mol. The van der Waals surface area contributed by atoms with Gasteiger partial charge < -0.3 is 24.4 Å². The van der Waals surface area contributed by atoms with Gasteiger partial charge in [0.1, 0.15) is 10.7 Å². The molecular weight excluding hydrogens is 430 g/mol. The number of nitrogens with one attached hydrogen (secondary N) is 1. The van der Waals surface area contributed by atoms with Gasteiger partial charge in [0, 0.05) is 18.8 Å². The number of pyridine rings is 1. The van der Waals surface area contributed by atoms with Crippen LogP contribution in [0.25, 0.3) is 0 Å². The summed E-state index contributed by atoms with van der Waals surface area (Å²) in [5.41, 5.74) is -1.57. The quantitative estimate of drug-likeness (QED) is 0.722. The van der Waals surface area contributed by atoms with Gasteiger partial charge in [-0.2, -0.15) is 0 Å². The first-order chi connectivity index (χ1) is 14.4. The molecule has 1 aromatic heterocycles. The van der Waals surface area contributed by atoms with E-state index < -0.39 is 20.9 Å². The van der Waals surface area contributed by atoms with Gasteiger partial charge in [0.15, 0.2) is 5.44 Å². The van der Waals surface area contributed by atoms with Gasteiger partial charge in [-0.3, -0.25) is 0 Å². The summed E-state index contributed by atoms with van der Waals surface area (Å²) >= 11 is 6.07. The van der Waals surface area contributed by atoms with E-state index >= 15 is 0 Å². The summed E-state index contributed by atoms with van der Waals surface area (Å²) < 4.78 is 44.6. The minimum atomic E-state index is -3.95. The van der Waals surface area contributed by atoms with Crippen LogP contribution in [0.15, 0.2) is 41.3 Å². The molecule has 1 N–H and O–H groups in total. The molecule has 2 fully saturated rings. The number of halogens is 1. The van der Waals surface area contributed by atoms with Crippen LogP contribution in [0.3, 0.4) is 0 Å². The Labute approximate surface area is 181 Å². The topological polar surface area (TPSA) is 90.0 Å². The highest BCUT2D eigenvalue weighted by molar-refractivity contribution is 7.92. The number of ether oxygens (including phenoxy) is 3. The first kappa shape index (κ1) is 21.4. The number of allylic oxidation sites excluding steroid dienone is 2. The third kappa shape index (κ3) is 3.91. The van der Waals surface area contributed by atoms with E-state index in [1.165, 1.54) is 19.4 Å². The van der Waals surface area contributed by atoms with Crippen molar-refractivity contribution >= 4 is 21.4 Å². The van der Waals surface area contributed by atoms with Crippen molar-refractivity contribution in [2.45, 2.75) is 41.2 Å². The molecule has 3 aliphatic rings. The molecule has 2 saturated heterocycles. The molecule has 3 aliphatic heterocycles. The van der Waals surface area contributed by atoms with Crippen molar-refractivity contribution in [1.82, 2.24) is 15.2 Å². The minimum absolute atomic E-state index is 0.0136. The molecule has 0 saturated carbocycles. The molecule has 1 spiro atoms. The lowest BCUT2D eigenvalue weighted by molar-refractivity contribution is -0.0353. The van der Waals surface area contributed by atoms with Crippen LogP contribution in [-0.2, 0) is 19.3 Å². The second-order valence-corrected chi connectivity index (χ2v) is 10.2. The van der Waals surface area contributed by atoms with Gasteiger partial charge in [0.05, 0.1) is 37.4 Å². The second kappa shape index (κ2) is 8.37. The predicted octanol–water partition coefficient (Wildman–Crippen LogP) is 2.11. The van der Waals surface area contributed by atoms with Gasteiger partial charge in [0.25, 0.3) is 0 Å². The zero-order valence-corrected chi connectivity index (χ0v) is 18.6. The SMILES string of the molecule is COC1=CC=CN(C2CC3(CCNCC3)OC2S(=O)(=O)c2cc(Cl)cnc2OC)C1. The summed E-state index contributed by atoms with van der Waals surface area (Å²) in [6.45, 7) is 2.06. The molecule has 8 nitrogen and oxygen atoms in total. The van der Waals surface area contributed by atoms with Crippen LogP contribution in [0, 0.1) is 0 Å². The largest absolute Gasteiger partial charge is 0.499 e. The van der Waals surface area contributed by atoms with E-state index in [1.807, 2.05) is 23.3 Å². The molecule has 0 amide bonds. The Morgan fingerprint density at radius 2 is 2.07 bits per heavy atom. The Bertz CT molecular complexity index is 959. The number of sulfone groups is 1. The van der Waals surface area contributed by atoms with Crippen LogP contribution in [0.2, 0.25) is 5.02 Å². The van der Waals surface area contributed by atoms with Crippen molar-refractivity contribution in [3.63, 3.8) is 0 Å². The van der Waals surface area contributed by atoms with E-state index in [-0.39, 0.29) is 21.8 Å². The van der Waals surface area contributed by atoms with Gasteiger partial charge in [-0.15, -0.1) is 0 Å². The average molecular weight is 456 g/mol. The first-order valence-corrected chi connectivity index (χ1v) is 11.8. The van der Waals surface area contributed by atoms with Crippen molar-refractivity contribution in [1.29, 1.82) is 0 Å². The molecule has 0 aromatic carbocycles. The summed E-state index contributed by atoms with van der Waals surface area (Å²) in [5, 5.41) is 3.55. The summed E-state index contributed by atoms with van der Waals surface area (Å²) in [6, 6.07) is 0.996. The van der Waals surface area contributed by atoms with Gasteiger partial charge >= 0.3 is 0 Å². The molecule has 0 radical (unpaired) electrons. The number of hydrogen-bond donors (Lipinski definition) is 1. The summed E-state index contributed by atoms with van der Waals surface area (Å²) in [6.07, 6.45) is 9.11. The number of rotatable bonds is 5. The second-order valence-electron chi connectivity index (χ2n) is 7.75. The lowest BCUT2D eigenvalue weighted by Gasteiger charge is -2.34. The molecule has 30 heavy (non-hydrogen) atoms. The van der Waals surface area contributed by atoms with E-state index in [9.17, 15) is 8.42 Å². The maximum Gasteiger partial charge on any atom is 0.232 e. The number of nitrogens with zero attached hydrogens (tertiary/aromatic N) is 2. The Balaban J connectivity index is 1.74. The first-order valence-electron chi connectivity index (χ1n) is 9.88. The van der Waals surface area contributed by atoms with Crippen LogP contribution in [-0.4, -0.2) is 69.2 Å². The molecule has 10 heteroatoms. The maximum atomic E-state index is 13.8. The Hall–Kier alpha value is -1.81. The summed E-state index contributed by atoms with van der Waals surface area (Å²) in [7, 11) is -0.953. The lowest BCUT2D eigenvalue weighted by atomic mass is 9.88. The fourth-order valence-electron chi connectivity index (χ4n) is 4.40. The Kier molecular flexibility index (Phi) is 5.98. The smallest absolute Gasteiger partial charge is 0.232 e.